The molecule has 0 aromatic heterocycles. The van der Waals surface area contributed by atoms with Crippen LogP contribution in [0.3, 0.4) is 0 Å². The summed E-state index contributed by atoms with van der Waals surface area (Å²) in [5.74, 6) is 5.60. The molecule has 2 amide bonds. The number of hydrogen-bond donors (Lipinski definition) is 3. The number of hydrazine groups is 1. The average molecular weight is 171 g/mol. The molecule has 4 N–H and O–H groups in total. The second kappa shape index (κ2) is 4.30. The maximum atomic E-state index is 10.8. The van der Waals surface area contributed by atoms with E-state index >= 15 is 0 Å². The molecule has 0 aliphatic heterocycles. The minimum absolute atomic E-state index is 0.246. The van der Waals surface area contributed by atoms with E-state index in [4.69, 9.17) is 5.84 Å². The van der Waals surface area contributed by atoms with E-state index in [0.717, 1.165) is 0 Å². The average Bonchev–Trinajstić information content (AvgIpc) is 2.56. The monoisotopic (exact) mass is 171 g/mol. The van der Waals surface area contributed by atoms with Crippen molar-refractivity contribution in [1.29, 1.82) is 0 Å². The van der Waals surface area contributed by atoms with Gasteiger partial charge < -0.3 is 5.32 Å². The van der Waals surface area contributed by atoms with Crippen molar-refractivity contribution in [1.82, 2.24) is 10.7 Å². The van der Waals surface area contributed by atoms with E-state index in [2.05, 4.69) is 10.7 Å². The molecule has 0 spiro atoms. The summed E-state index contributed by atoms with van der Waals surface area (Å²) in [5.41, 5.74) is 2.07. The number of urea groups is 1. The Labute approximate surface area is 72.9 Å². The first-order valence-corrected chi connectivity index (χ1v) is 4.51. The van der Waals surface area contributed by atoms with Crippen LogP contribution in [0.4, 0.5) is 4.79 Å². The van der Waals surface area contributed by atoms with Crippen molar-refractivity contribution in [2.75, 3.05) is 0 Å². The van der Waals surface area contributed by atoms with Gasteiger partial charge in [0.25, 0.3) is 0 Å². The third-order valence-corrected chi connectivity index (χ3v) is 2.60. The van der Waals surface area contributed by atoms with Gasteiger partial charge in [-0.3, -0.25) is 5.43 Å². The highest BCUT2D eigenvalue weighted by Crippen LogP contribution is 2.27. The molecular formula is C8H17N3O. The summed E-state index contributed by atoms with van der Waals surface area (Å²) in [7, 11) is 0. The SMILES string of the molecule is CC(NC(=O)NN)C1CCCC1. The van der Waals surface area contributed by atoms with E-state index in [-0.39, 0.29) is 12.1 Å². The number of carbonyl (C=O) groups is 1. The molecule has 1 aliphatic carbocycles. The smallest absolute Gasteiger partial charge is 0.329 e. The largest absolute Gasteiger partial charge is 0.334 e. The number of nitrogens with two attached hydrogens (primary N) is 1. The fourth-order valence-electron chi connectivity index (χ4n) is 1.82. The lowest BCUT2D eigenvalue weighted by Gasteiger charge is -2.19. The van der Waals surface area contributed by atoms with Gasteiger partial charge in [-0.2, -0.15) is 0 Å². The summed E-state index contributed by atoms with van der Waals surface area (Å²) in [6.07, 6.45) is 5.04. The molecule has 70 valence electrons. The highest BCUT2D eigenvalue weighted by Gasteiger charge is 2.22. The number of amides is 2. The molecule has 1 fully saturated rings. The van der Waals surface area contributed by atoms with Crippen molar-refractivity contribution in [3.8, 4) is 0 Å². The van der Waals surface area contributed by atoms with Gasteiger partial charge in [0, 0.05) is 6.04 Å². The number of rotatable bonds is 2. The normalized spacial score (nSPS) is 20.5. The van der Waals surface area contributed by atoms with Gasteiger partial charge in [-0.15, -0.1) is 0 Å². The van der Waals surface area contributed by atoms with E-state index < -0.39 is 0 Å². The van der Waals surface area contributed by atoms with E-state index in [9.17, 15) is 4.79 Å². The van der Waals surface area contributed by atoms with E-state index in [0.29, 0.717) is 5.92 Å². The summed E-state index contributed by atoms with van der Waals surface area (Å²) >= 11 is 0. The predicted octanol–water partition coefficient (Wildman–Crippen LogP) is 0.738. The first-order chi connectivity index (χ1) is 5.74. The summed E-state index contributed by atoms with van der Waals surface area (Å²) in [6.45, 7) is 2.03. The Morgan fingerprint density at radius 1 is 1.50 bits per heavy atom. The maximum absolute atomic E-state index is 10.8. The van der Waals surface area contributed by atoms with Gasteiger partial charge in [-0.05, 0) is 25.7 Å². The van der Waals surface area contributed by atoms with E-state index in [1.807, 2.05) is 6.92 Å². The second-order valence-corrected chi connectivity index (χ2v) is 3.45. The molecule has 4 heteroatoms. The quantitative estimate of drug-likeness (QED) is 0.326. The van der Waals surface area contributed by atoms with Crippen molar-refractivity contribution in [3.05, 3.63) is 0 Å². The first kappa shape index (κ1) is 9.32. The molecule has 0 radical (unpaired) electrons. The molecule has 1 unspecified atom stereocenters. The van der Waals surface area contributed by atoms with Crippen molar-refractivity contribution in [3.63, 3.8) is 0 Å². The van der Waals surface area contributed by atoms with Crippen LogP contribution >= 0.6 is 0 Å². The summed E-state index contributed by atoms with van der Waals surface area (Å²) in [5, 5.41) is 2.80. The van der Waals surface area contributed by atoms with Crippen molar-refractivity contribution >= 4 is 6.03 Å². The van der Waals surface area contributed by atoms with Crippen LogP contribution in [0.25, 0.3) is 0 Å². The lowest BCUT2D eigenvalue weighted by atomic mass is 10.0. The Hall–Kier alpha value is -0.770. The van der Waals surface area contributed by atoms with Crippen molar-refractivity contribution < 1.29 is 4.79 Å². The van der Waals surface area contributed by atoms with Crippen LogP contribution < -0.4 is 16.6 Å². The van der Waals surface area contributed by atoms with Crippen LogP contribution in [0, 0.1) is 5.92 Å². The fraction of sp³-hybridized carbons (Fsp3) is 0.875. The number of nitrogens with one attached hydrogen (secondary N) is 2. The molecular weight excluding hydrogens is 154 g/mol. The Balaban J connectivity index is 2.26. The lowest BCUT2D eigenvalue weighted by molar-refractivity contribution is 0.233. The molecule has 1 atom stereocenters. The third-order valence-electron chi connectivity index (χ3n) is 2.60. The van der Waals surface area contributed by atoms with Crippen LogP contribution in [0.15, 0.2) is 0 Å². The molecule has 12 heavy (non-hydrogen) atoms. The van der Waals surface area contributed by atoms with E-state index in [1.165, 1.54) is 25.7 Å². The summed E-state index contributed by atoms with van der Waals surface area (Å²) < 4.78 is 0. The Morgan fingerprint density at radius 3 is 2.58 bits per heavy atom. The van der Waals surface area contributed by atoms with Gasteiger partial charge in [-0.25, -0.2) is 10.6 Å². The van der Waals surface area contributed by atoms with Crippen LogP contribution in [0.5, 0.6) is 0 Å². The molecule has 0 heterocycles. The highest BCUT2D eigenvalue weighted by molar-refractivity contribution is 5.73. The zero-order chi connectivity index (χ0) is 8.97. The van der Waals surface area contributed by atoms with Crippen molar-refractivity contribution in [2.45, 2.75) is 38.6 Å². The second-order valence-electron chi connectivity index (χ2n) is 3.45. The predicted molar refractivity (Wildman–Crippen MR) is 47.3 cm³/mol. The molecule has 0 bridgehead atoms. The maximum Gasteiger partial charge on any atom is 0.329 e. The number of hydrogen-bond acceptors (Lipinski definition) is 2. The molecule has 0 aromatic carbocycles. The van der Waals surface area contributed by atoms with Crippen LogP contribution in [0.2, 0.25) is 0 Å². The van der Waals surface area contributed by atoms with Gasteiger partial charge in [0.05, 0.1) is 0 Å². The Bertz CT molecular complexity index is 154. The minimum atomic E-state index is -0.283. The van der Waals surface area contributed by atoms with Crippen molar-refractivity contribution in [2.24, 2.45) is 11.8 Å². The molecule has 1 rings (SSSR count). The fourth-order valence-corrected chi connectivity index (χ4v) is 1.82. The van der Waals surface area contributed by atoms with Crippen LogP contribution in [0.1, 0.15) is 32.6 Å². The van der Waals surface area contributed by atoms with Gasteiger partial charge in [-0.1, -0.05) is 12.8 Å². The van der Waals surface area contributed by atoms with Gasteiger partial charge in [0.1, 0.15) is 0 Å². The Kier molecular flexibility index (Phi) is 3.34. The van der Waals surface area contributed by atoms with Crippen LogP contribution in [-0.4, -0.2) is 12.1 Å². The van der Waals surface area contributed by atoms with E-state index in [1.54, 1.807) is 0 Å². The lowest BCUT2D eigenvalue weighted by Crippen LogP contribution is -2.46. The Morgan fingerprint density at radius 2 is 2.08 bits per heavy atom. The molecule has 0 aromatic rings. The highest BCUT2D eigenvalue weighted by atomic mass is 16.2. The zero-order valence-corrected chi connectivity index (χ0v) is 7.47. The minimum Gasteiger partial charge on any atom is -0.334 e. The van der Waals surface area contributed by atoms with Gasteiger partial charge in [0.15, 0.2) is 0 Å². The molecule has 0 saturated heterocycles. The summed E-state index contributed by atoms with van der Waals surface area (Å²) in [6, 6.07) is -0.0366. The first-order valence-electron chi connectivity index (χ1n) is 4.51. The standard InChI is InChI=1S/C8H17N3O/c1-6(10-8(12)11-9)7-4-2-3-5-7/h6-7H,2-5,9H2,1H3,(H2,10,11,12). The summed E-state index contributed by atoms with van der Waals surface area (Å²) in [4.78, 5) is 10.8. The third kappa shape index (κ3) is 2.37. The van der Waals surface area contributed by atoms with Gasteiger partial charge in [0.2, 0.25) is 0 Å². The zero-order valence-electron chi connectivity index (χ0n) is 7.47. The van der Waals surface area contributed by atoms with Crippen LogP contribution in [-0.2, 0) is 0 Å². The molecule has 1 aliphatic rings. The number of carbonyl (C=O) groups excluding carboxylic acids is 1. The molecule has 1 saturated carbocycles. The molecule has 4 nitrogen and oxygen atoms in total. The van der Waals surface area contributed by atoms with Gasteiger partial charge >= 0.3 is 6.03 Å². The topological polar surface area (TPSA) is 67.2 Å².